The van der Waals surface area contributed by atoms with E-state index in [0.717, 1.165) is 16.5 Å². The number of ether oxygens (including phenoxy) is 1. The predicted molar refractivity (Wildman–Crippen MR) is 97.9 cm³/mol. The molecule has 1 atom stereocenters. The third kappa shape index (κ3) is 5.08. The van der Waals surface area contributed by atoms with E-state index in [1.165, 1.54) is 5.56 Å². The standard InChI is InChI=1S/C19H22BrNO3/c1-3-14-4-6-15(7-5-14)13(2)21-19(23)12-24-18-9-8-17(20)10-16(18)11-22/h4-10,13,22H,3,11-12H2,1-2H3,(H,21,23)/t13-/m0/s1. The van der Waals surface area contributed by atoms with Gasteiger partial charge in [0.05, 0.1) is 12.6 Å². The molecule has 2 N–H and O–H groups in total. The van der Waals surface area contributed by atoms with Crippen LogP contribution >= 0.6 is 15.9 Å². The van der Waals surface area contributed by atoms with E-state index in [9.17, 15) is 9.90 Å². The van der Waals surface area contributed by atoms with Gasteiger partial charge in [0.25, 0.3) is 5.91 Å². The predicted octanol–water partition coefficient (Wildman–Crippen LogP) is 3.76. The molecular weight excluding hydrogens is 370 g/mol. The van der Waals surface area contributed by atoms with Crippen LogP contribution in [0.3, 0.4) is 0 Å². The fourth-order valence-electron chi connectivity index (χ4n) is 2.36. The molecule has 0 fully saturated rings. The van der Waals surface area contributed by atoms with E-state index in [4.69, 9.17) is 4.74 Å². The Morgan fingerprint density at radius 3 is 2.58 bits per heavy atom. The molecule has 0 heterocycles. The number of aliphatic hydroxyl groups is 1. The molecule has 2 aromatic rings. The zero-order valence-corrected chi connectivity index (χ0v) is 15.5. The van der Waals surface area contributed by atoms with Gasteiger partial charge in [0.1, 0.15) is 5.75 Å². The SMILES string of the molecule is CCc1ccc([C@H](C)NC(=O)COc2ccc(Br)cc2CO)cc1. The molecule has 5 heteroatoms. The minimum Gasteiger partial charge on any atom is -0.483 e. The summed E-state index contributed by atoms with van der Waals surface area (Å²) in [5.74, 6) is 0.310. The second-order valence-corrected chi connectivity index (χ2v) is 6.50. The summed E-state index contributed by atoms with van der Waals surface area (Å²) in [6.45, 7) is 3.82. The lowest BCUT2D eigenvalue weighted by molar-refractivity contribution is -0.123. The number of aliphatic hydroxyl groups excluding tert-OH is 1. The maximum Gasteiger partial charge on any atom is 0.258 e. The number of benzene rings is 2. The Morgan fingerprint density at radius 1 is 1.25 bits per heavy atom. The minimum atomic E-state index is -0.200. The van der Waals surface area contributed by atoms with Crippen LogP contribution in [0.2, 0.25) is 0 Å². The fourth-order valence-corrected chi connectivity index (χ4v) is 2.77. The van der Waals surface area contributed by atoms with Crippen LogP contribution in [0.25, 0.3) is 0 Å². The van der Waals surface area contributed by atoms with Gasteiger partial charge >= 0.3 is 0 Å². The van der Waals surface area contributed by atoms with Crippen LogP contribution in [0.5, 0.6) is 5.75 Å². The molecule has 0 saturated carbocycles. The summed E-state index contributed by atoms with van der Waals surface area (Å²) in [5, 5.41) is 12.3. The molecule has 0 unspecified atom stereocenters. The molecule has 2 rings (SSSR count). The van der Waals surface area contributed by atoms with Crippen molar-refractivity contribution in [3.8, 4) is 5.75 Å². The molecule has 128 valence electrons. The van der Waals surface area contributed by atoms with Crippen molar-refractivity contribution in [3.63, 3.8) is 0 Å². The molecule has 0 bridgehead atoms. The number of rotatable bonds is 7. The van der Waals surface area contributed by atoms with Gasteiger partial charge < -0.3 is 15.2 Å². The maximum atomic E-state index is 12.1. The number of hydrogen-bond donors (Lipinski definition) is 2. The molecule has 0 spiro atoms. The van der Waals surface area contributed by atoms with Crippen LogP contribution in [0, 0.1) is 0 Å². The van der Waals surface area contributed by atoms with Crippen molar-refractivity contribution < 1.29 is 14.6 Å². The largest absolute Gasteiger partial charge is 0.483 e. The van der Waals surface area contributed by atoms with E-state index in [-0.39, 0.29) is 25.2 Å². The van der Waals surface area contributed by atoms with Crippen molar-refractivity contribution in [1.82, 2.24) is 5.32 Å². The van der Waals surface area contributed by atoms with E-state index >= 15 is 0 Å². The summed E-state index contributed by atoms with van der Waals surface area (Å²) in [6.07, 6.45) is 0.995. The van der Waals surface area contributed by atoms with E-state index in [1.807, 2.05) is 25.1 Å². The summed E-state index contributed by atoms with van der Waals surface area (Å²) < 4.78 is 6.38. The van der Waals surface area contributed by atoms with Crippen LogP contribution in [0.15, 0.2) is 46.9 Å². The highest BCUT2D eigenvalue weighted by Gasteiger charge is 2.11. The van der Waals surface area contributed by atoms with Gasteiger partial charge in [-0.2, -0.15) is 0 Å². The van der Waals surface area contributed by atoms with Gasteiger partial charge in [-0.1, -0.05) is 47.1 Å². The highest BCUT2D eigenvalue weighted by Crippen LogP contribution is 2.23. The summed E-state index contributed by atoms with van der Waals surface area (Å²) in [6, 6.07) is 13.4. The Labute approximate surface area is 151 Å². The molecule has 24 heavy (non-hydrogen) atoms. The summed E-state index contributed by atoms with van der Waals surface area (Å²) in [5.41, 5.74) is 2.97. The monoisotopic (exact) mass is 391 g/mol. The first-order chi connectivity index (χ1) is 11.5. The van der Waals surface area contributed by atoms with Crippen LogP contribution in [-0.4, -0.2) is 17.6 Å². The highest BCUT2D eigenvalue weighted by atomic mass is 79.9. The number of carbonyl (C=O) groups excluding carboxylic acids is 1. The van der Waals surface area contributed by atoms with Gasteiger partial charge in [-0.05, 0) is 42.7 Å². The zero-order chi connectivity index (χ0) is 17.5. The topological polar surface area (TPSA) is 58.6 Å². The lowest BCUT2D eigenvalue weighted by Gasteiger charge is -2.16. The maximum absolute atomic E-state index is 12.1. The first-order valence-electron chi connectivity index (χ1n) is 7.93. The van der Waals surface area contributed by atoms with Gasteiger partial charge in [0, 0.05) is 10.0 Å². The average molecular weight is 392 g/mol. The van der Waals surface area contributed by atoms with Crippen LogP contribution < -0.4 is 10.1 Å². The first-order valence-corrected chi connectivity index (χ1v) is 8.73. The summed E-state index contributed by atoms with van der Waals surface area (Å²) in [7, 11) is 0. The van der Waals surface area contributed by atoms with Gasteiger partial charge in [0.2, 0.25) is 0 Å². The van der Waals surface area contributed by atoms with Crippen LogP contribution in [0.4, 0.5) is 0 Å². The van der Waals surface area contributed by atoms with E-state index in [1.54, 1.807) is 12.1 Å². The summed E-state index contributed by atoms with van der Waals surface area (Å²) >= 11 is 3.34. The van der Waals surface area contributed by atoms with Gasteiger partial charge in [-0.3, -0.25) is 4.79 Å². The molecular formula is C19H22BrNO3. The molecule has 0 saturated heterocycles. The van der Waals surface area contributed by atoms with E-state index < -0.39 is 0 Å². The van der Waals surface area contributed by atoms with Gasteiger partial charge in [0.15, 0.2) is 6.61 Å². The first kappa shape index (κ1) is 18.5. The van der Waals surface area contributed by atoms with Crippen molar-refractivity contribution >= 4 is 21.8 Å². The number of halogens is 1. The van der Waals surface area contributed by atoms with Gasteiger partial charge in [-0.15, -0.1) is 0 Å². The Bertz CT molecular complexity index is 686. The second-order valence-electron chi connectivity index (χ2n) is 5.58. The smallest absolute Gasteiger partial charge is 0.258 e. The third-order valence-corrected chi connectivity index (χ3v) is 4.31. The Hall–Kier alpha value is -1.85. The molecule has 0 aliphatic heterocycles. The van der Waals surface area contributed by atoms with Crippen molar-refractivity contribution in [2.24, 2.45) is 0 Å². The summed E-state index contributed by atoms with van der Waals surface area (Å²) in [4.78, 5) is 12.1. The van der Waals surface area contributed by atoms with Crippen molar-refractivity contribution in [2.75, 3.05) is 6.61 Å². The van der Waals surface area contributed by atoms with Crippen LogP contribution in [-0.2, 0) is 17.8 Å². The normalized spacial score (nSPS) is 11.8. The van der Waals surface area contributed by atoms with Crippen molar-refractivity contribution in [3.05, 3.63) is 63.6 Å². The fraction of sp³-hybridized carbons (Fsp3) is 0.316. The Morgan fingerprint density at radius 2 is 1.96 bits per heavy atom. The molecule has 0 aliphatic rings. The lowest BCUT2D eigenvalue weighted by atomic mass is 10.1. The number of carbonyl (C=O) groups is 1. The van der Waals surface area contributed by atoms with Crippen molar-refractivity contribution in [1.29, 1.82) is 0 Å². The number of nitrogens with one attached hydrogen (secondary N) is 1. The lowest BCUT2D eigenvalue weighted by Crippen LogP contribution is -2.31. The average Bonchev–Trinajstić information content (AvgIpc) is 2.60. The van der Waals surface area contributed by atoms with E-state index in [2.05, 4.69) is 40.3 Å². The van der Waals surface area contributed by atoms with Crippen LogP contribution in [0.1, 0.15) is 36.6 Å². The Kier molecular flexibility index (Phi) is 6.82. The van der Waals surface area contributed by atoms with E-state index in [0.29, 0.717) is 11.3 Å². The molecule has 1 amide bonds. The van der Waals surface area contributed by atoms with Gasteiger partial charge in [-0.25, -0.2) is 0 Å². The zero-order valence-electron chi connectivity index (χ0n) is 13.9. The molecule has 2 aromatic carbocycles. The number of aryl methyl sites for hydroxylation is 1. The third-order valence-electron chi connectivity index (χ3n) is 3.82. The minimum absolute atomic E-state index is 0.0887. The Balaban J connectivity index is 1.90. The van der Waals surface area contributed by atoms with Crippen molar-refractivity contribution in [2.45, 2.75) is 32.9 Å². The number of amides is 1. The second kappa shape index (κ2) is 8.85. The molecule has 0 aromatic heterocycles. The number of hydrogen-bond acceptors (Lipinski definition) is 3. The highest BCUT2D eigenvalue weighted by molar-refractivity contribution is 9.10. The molecule has 0 radical (unpaired) electrons. The molecule has 4 nitrogen and oxygen atoms in total. The molecule has 0 aliphatic carbocycles. The quantitative estimate of drug-likeness (QED) is 0.755.